The molecule has 0 radical (unpaired) electrons. The lowest BCUT2D eigenvalue weighted by molar-refractivity contribution is -0.169. The summed E-state index contributed by atoms with van der Waals surface area (Å²) in [5, 5.41) is 1.31. The second-order valence-electron chi connectivity index (χ2n) is 6.91. The Labute approximate surface area is 151 Å². The number of fused-ring (bicyclic) bond motifs is 1. The molecule has 0 aliphatic carbocycles. The van der Waals surface area contributed by atoms with E-state index < -0.39 is 0 Å². The van der Waals surface area contributed by atoms with Crippen LogP contribution in [-0.2, 0) is 22.5 Å². The molecule has 1 unspecified atom stereocenters. The Kier molecular flexibility index (Phi) is 7.13. The van der Waals surface area contributed by atoms with E-state index in [-0.39, 0.29) is 6.29 Å². The van der Waals surface area contributed by atoms with Crippen molar-refractivity contribution in [2.24, 2.45) is 0 Å². The predicted octanol–water partition coefficient (Wildman–Crippen LogP) is 5.89. The number of unbranched alkanes of at least 4 members (excludes halogenated alkanes) is 3. The minimum absolute atomic E-state index is 0.0439. The highest BCUT2D eigenvalue weighted by Crippen LogP contribution is 2.25. The number of ether oxygens (including phenoxy) is 2. The van der Waals surface area contributed by atoms with Gasteiger partial charge in [-0.1, -0.05) is 50.1 Å². The van der Waals surface area contributed by atoms with E-state index in [4.69, 9.17) is 9.47 Å². The second-order valence-corrected chi connectivity index (χ2v) is 6.91. The van der Waals surface area contributed by atoms with Gasteiger partial charge in [0.15, 0.2) is 6.29 Å². The van der Waals surface area contributed by atoms with Crippen LogP contribution in [0.25, 0.3) is 10.9 Å². The van der Waals surface area contributed by atoms with Crippen molar-refractivity contribution in [3.8, 4) is 0 Å². The number of hydrogen-bond acceptors (Lipinski definition) is 2. The van der Waals surface area contributed by atoms with E-state index in [2.05, 4.69) is 48.3 Å². The molecule has 1 aliphatic rings. The van der Waals surface area contributed by atoms with Crippen molar-refractivity contribution in [3.05, 3.63) is 47.7 Å². The van der Waals surface area contributed by atoms with Crippen molar-refractivity contribution >= 4 is 10.9 Å². The maximum atomic E-state index is 6.02. The highest BCUT2D eigenvalue weighted by molar-refractivity contribution is 5.84. The van der Waals surface area contributed by atoms with Gasteiger partial charge in [0, 0.05) is 23.2 Å². The lowest BCUT2D eigenvalue weighted by atomic mass is 10.1. The molecule has 1 aromatic carbocycles. The number of hydrogen-bond donors (Lipinski definition) is 1. The van der Waals surface area contributed by atoms with Gasteiger partial charge in [-0.25, -0.2) is 0 Å². The molecule has 1 aliphatic heterocycles. The summed E-state index contributed by atoms with van der Waals surface area (Å²) >= 11 is 0. The Hall–Kier alpha value is -1.58. The van der Waals surface area contributed by atoms with Gasteiger partial charge in [0.2, 0.25) is 0 Å². The standard InChI is InChI=1S/C22H31NO2/c1-2-3-4-5-6-7-12-19-18-13-8-9-14-20(18)23-21(19)17-25-22-15-10-11-16-24-22/h6-9,13-14,22-23H,2-5,10-12,15-17H2,1H3/b7-6+. The van der Waals surface area contributed by atoms with Gasteiger partial charge < -0.3 is 14.5 Å². The third-order valence-corrected chi connectivity index (χ3v) is 4.92. The molecule has 0 bridgehead atoms. The Morgan fingerprint density at radius 1 is 1.20 bits per heavy atom. The monoisotopic (exact) mass is 341 g/mol. The first-order valence-corrected chi connectivity index (χ1v) is 9.85. The maximum Gasteiger partial charge on any atom is 0.158 e. The summed E-state index contributed by atoms with van der Waals surface area (Å²) in [6.45, 7) is 3.67. The SMILES string of the molecule is CCCCC/C=C/Cc1c(COC2CCCCO2)[nH]c2ccccc12. The van der Waals surface area contributed by atoms with Crippen LogP contribution < -0.4 is 0 Å². The van der Waals surface area contributed by atoms with Crippen molar-refractivity contribution in [1.29, 1.82) is 0 Å². The number of benzene rings is 1. The summed E-state index contributed by atoms with van der Waals surface area (Å²) in [6.07, 6.45) is 14.0. The molecular weight excluding hydrogens is 310 g/mol. The van der Waals surface area contributed by atoms with E-state index in [0.717, 1.165) is 25.9 Å². The van der Waals surface area contributed by atoms with Gasteiger partial charge in [0.1, 0.15) is 0 Å². The van der Waals surface area contributed by atoms with Gasteiger partial charge >= 0.3 is 0 Å². The van der Waals surface area contributed by atoms with E-state index in [1.165, 1.54) is 54.3 Å². The van der Waals surface area contributed by atoms with Crippen LogP contribution in [0.1, 0.15) is 63.1 Å². The van der Waals surface area contributed by atoms with Crippen molar-refractivity contribution in [3.63, 3.8) is 0 Å². The molecule has 25 heavy (non-hydrogen) atoms. The van der Waals surface area contributed by atoms with Crippen LogP contribution in [0.5, 0.6) is 0 Å². The zero-order valence-electron chi connectivity index (χ0n) is 15.4. The van der Waals surface area contributed by atoms with Crippen molar-refractivity contribution in [2.75, 3.05) is 6.61 Å². The number of aromatic nitrogens is 1. The number of rotatable bonds is 9. The lowest BCUT2D eigenvalue weighted by Crippen LogP contribution is -2.22. The summed E-state index contributed by atoms with van der Waals surface area (Å²) < 4.78 is 11.7. The largest absolute Gasteiger partial charge is 0.356 e. The Morgan fingerprint density at radius 3 is 2.96 bits per heavy atom. The van der Waals surface area contributed by atoms with E-state index in [1.807, 2.05) is 0 Å². The summed E-state index contributed by atoms with van der Waals surface area (Å²) in [4.78, 5) is 3.55. The molecule has 2 heterocycles. The highest BCUT2D eigenvalue weighted by Gasteiger charge is 2.16. The molecule has 0 spiro atoms. The van der Waals surface area contributed by atoms with E-state index >= 15 is 0 Å². The zero-order valence-corrected chi connectivity index (χ0v) is 15.4. The average Bonchev–Trinajstić information content (AvgIpc) is 3.01. The van der Waals surface area contributed by atoms with Crippen LogP contribution in [-0.4, -0.2) is 17.9 Å². The van der Waals surface area contributed by atoms with Gasteiger partial charge in [0.25, 0.3) is 0 Å². The van der Waals surface area contributed by atoms with Crippen molar-refractivity contribution in [1.82, 2.24) is 4.98 Å². The highest BCUT2D eigenvalue weighted by atomic mass is 16.7. The van der Waals surface area contributed by atoms with Crippen LogP contribution >= 0.6 is 0 Å². The number of para-hydroxylation sites is 1. The number of allylic oxidation sites excluding steroid dienone is 2. The smallest absolute Gasteiger partial charge is 0.158 e. The molecular formula is C22H31NO2. The Morgan fingerprint density at radius 2 is 2.12 bits per heavy atom. The molecule has 1 fully saturated rings. The molecule has 1 atom stereocenters. The third kappa shape index (κ3) is 5.20. The van der Waals surface area contributed by atoms with Crippen LogP contribution in [0, 0.1) is 0 Å². The molecule has 1 N–H and O–H groups in total. The van der Waals surface area contributed by atoms with E-state index in [0.29, 0.717) is 6.61 Å². The second kappa shape index (κ2) is 9.79. The number of H-pyrrole nitrogens is 1. The molecule has 3 heteroatoms. The molecule has 0 saturated carbocycles. The first kappa shape index (κ1) is 18.2. The topological polar surface area (TPSA) is 34.2 Å². The summed E-state index contributed by atoms with van der Waals surface area (Å²) in [7, 11) is 0. The summed E-state index contributed by atoms with van der Waals surface area (Å²) in [5.41, 5.74) is 3.74. The fraction of sp³-hybridized carbons (Fsp3) is 0.545. The third-order valence-electron chi connectivity index (χ3n) is 4.92. The van der Waals surface area contributed by atoms with Gasteiger partial charge in [-0.15, -0.1) is 0 Å². The van der Waals surface area contributed by atoms with Crippen LogP contribution in [0.2, 0.25) is 0 Å². The first-order valence-electron chi connectivity index (χ1n) is 9.85. The maximum absolute atomic E-state index is 6.02. The summed E-state index contributed by atoms with van der Waals surface area (Å²) in [6, 6.07) is 8.54. The molecule has 1 saturated heterocycles. The fourth-order valence-electron chi connectivity index (χ4n) is 3.46. The number of nitrogens with one attached hydrogen (secondary N) is 1. The molecule has 2 aromatic rings. The Balaban J connectivity index is 1.66. The zero-order chi connectivity index (χ0) is 17.3. The van der Waals surface area contributed by atoms with Crippen LogP contribution in [0.15, 0.2) is 36.4 Å². The van der Waals surface area contributed by atoms with Crippen molar-refractivity contribution in [2.45, 2.75) is 71.2 Å². The van der Waals surface area contributed by atoms with Gasteiger partial charge in [-0.3, -0.25) is 0 Å². The lowest BCUT2D eigenvalue weighted by Gasteiger charge is -2.22. The minimum atomic E-state index is -0.0439. The molecule has 3 nitrogen and oxygen atoms in total. The van der Waals surface area contributed by atoms with Gasteiger partial charge in [0.05, 0.1) is 6.61 Å². The van der Waals surface area contributed by atoms with Gasteiger partial charge in [-0.2, -0.15) is 0 Å². The number of aromatic amines is 1. The van der Waals surface area contributed by atoms with Crippen LogP contribution in [0.4, 0.5) is 0 Å². The quantitative estimate of drug-likeness (QED) is 0.456. The molecule has 3 rings (SSSR count). The first-order chi connectivity index (χ1) is 12.4. The fourth-order valence-corrected chi connectivity index (χ4v) is 3.46. The Bertz CT molecular complexity index is 668. The normalized spacial score (nSPS) is 18.4. The van der Waals surface area contributed by atoms with E-state index in [9.17, 15) is 0 Å². The van der Waals surface area contributed by atoms with Crippen molar-refractivity contribution < 1.29 is 9.47 Å². The van der Waals surface area contributed by atoms with Crippen LogP contribution in [0.3, 0.4) is 0 Å². The molecule has 1 aromatic heterocycles. The minimum Gasteiger partial charge on any atom is -0.356 e. The predicted molar refractivity (Wildman–Crippen MR) is 104 cm³/mol. The van der Waals surface area contributed by atoms with E-state index in [1.54, 1.807) is 0 Å². The molecule has 136 valence electrons. The summed E-state index contributed by atoms with van der Waals surface area (Å²) in [5.74, 6) is 0. The average molecular weight is 341 g/mol. The van der Waals surface area contributed by atoms with Gasteiger partial charge in [-0.05, 0) is 50.2 Å². The molecule has 0 amide bonds.